The second kappa shape index (κ2) is 6.00. The van der Waals surface area contributed by atoms with E-state index in [0.717, 1.165) is 25.9 Å². The van der Waals surface area contributed by atoms with E-state index in [1.807, 2.05) is 0 Å². The van der Waals surface area contributed by atoms with Gasteiger partial charge >= 0.3 is 7.12 Å². The fourth-order valence-electron chi connectivity index (χ4n) is 1.11. The number of rotatable bonds is 2. The quantitative estimate of drug-likeness (QED) is 0.450. The van der Waals surface area contributed by atoms with E-state index in [1.54, 1.807) is 0 Å². The molecule has 1 saturated heterocycles. The van der Waals surface area contributed by atoms with E-state index >= 15 is 0 Å². The summed E-state index contributed by atoms with van der Waals surface area (Å²) in [5, 5.41) is 16.8. The molecule has 0 amide bonds. The molecule has 1 fully saturated rings. The summed E-state index contributed by atoms with van der Waals surface area (Å²) in [5.41, 5.74) is 0. The van der Waals surface area contributed by atoms with E-state index in [0.29, 0.717) is 0 Å². The molecule has 0 aliphatic carbocycles. The highest BCUT2D eigenvalue weighted by atomic mass is 16.7. The molecular weight excluding hydrogens is 171 g/mol. The summed E-state index contributed by atoms with van der Waals surface area (Å²) in [6, 6.07) is 0. The molecule has 1 unspecified atom stereocenters. The summed E-state index contributed by atoms with van der Waals surface area (Å²) < 4.78 is 10.5. The van der Waals surface area contributed by atoms with Gasteiger partial charge in [0.15, 0.2) is 6.29 Å². The number of ether oxygens (including phenoxy) is 2. The Kier molecular flexibility index (Phi) is 4.87. The van der Waals surface area contributed by atoms with E-state index in [2.05, 4.69) is 11.7 Å². The molecule has 0 aromatic rings. The van der Waals surface area contributed by atoms with E-state index in [1.165, 1.54) is 0 Å². The molecule has 0 saturated carbocycles. The van der Waals surface area contributed by atoms with Crippen molar-refractivity contribution >= 4 is 7.12 Å². The highest BCUT2D eigenvalue weighted by Crippen LogP contribution is 2.12. The third-order valence-electron chi connectivity index (χ3n) is 1.71. The standard InChI is InChI=1S/C8H13BO4/c10-9(11)5-3-7-13-8-4-1-2-6-12-8/h8,10-11H,1-2,4,6-7H2. The van der Waals surface area contributed by atoms with Gasteiger partial charge in [0.1, 0.15) is 6.61 Å². The van der Waals surface area contributed by atoms with Crippen LogP contribution in [0.15, 0.2) is 0 Å². The van der Waals surface area contributed by atoms with Gasteiger partial charge in [-0.15, -0.1) is 0 Å². The molecule has 0 radical (unpaired) electrons. The lowest BCUT2D eigenvalue weighted by molar-refractivity contribution is -0.154. The molecule has 1 atom stereocenters. The molecule has 2 N–H and O–H groups in total. The van der Waals surface area contributed by atoms with Crippen molar-refractivity contribution in [3.8, 4) is 11.7 Å². The van der Waals surface area contributed by atoms with Crippen LogP contribution in [0, 0.1) is 11.7 Å². The number of hydrogen-bond donors (Lipinski definition) is 2. The van der Waals surface area contributed by atoms with Crippen LogP contribution in [0.2, 0.25) is 0 Å². The van der Waals surface area contributed by atoms with Crippen LogP contribution >= 0.6 is 0 Å². The topological polar surface area (TPSA) is 58.9 Å². The Hall–Kier alpha value is -0.535. The van der Waals surface area contributed by atoms with Crippen molar-refractivity contribution in [2.24, 2.45) is 0 Å². The lowest BCUT2D eigenvalue weighted by atomic mass is 9.94. The molecule has 72 valence electrons. The van der Waals surface area contributed by atoms with Crippen molar-refractivity contribution in [2.45, 2.75) is 25.6 Å². The second-order valence-electron chi connectivity index (χ2n) is 2.80. The molecule has 1 aliphatic heterocycles. The molecule has 1 rings (SSSR count). The van der Waals surface area contributed by atoms with E-state index in [9.17, 15) is 0 Å². The highest BCUT2D eigenvalue weighted by molar-refractivity contribution is 6.51. The summed E-state index contributed by atoms with van der Waals surface area (Å²) in [5.74, 6) is 4.65. The van der Waals surface area contributed by atoms with Crippen LogP contribution in [0.3, 0.4) is 0 Å². The molecule has 0 aromatic carbocycles. The summed E-state index contributed by atoms with van der Waals surface area (Å²) >= 11 is 0. The molecule has 0 aromatic heterocycles. The lowest BCUT2D eigenvalue weighted by Crippen LogP contribution is -2.22. The van der Waals surface area contributed by atoms with Crippen molar-refractivity contribution in [3.05, 3.63) is 0 Å². The van der Waals surface area contributed by atoms with Gasteiger partial charge < -0.3 is 19.5 Å². The molecule has 4 nitrogen and oxygen atoms in total. The average molecular weight is 184 g/mol. The van der Waals surface area contributed by atoms with Gasteiger partial charge in [-0.05, 0) is 19.3 Å². The van der Waals surface area contributed by atoms with Crippen LogP contribution in [-0.4, -0.2) is 36.7 Å². The predicted octanol–water partition coefficient (Wildman–Crippen LogP) is -0.455. The first-order valence-corrected chi connectivity index (χ1v) is 4.37. The lowest BCUT2D eigenvalue weighted by Gasteiger charge is -2.21. The van der Waals surface area contributed by atoms with E-state index < -0.39 is 7.12 Å². The fraction of sp³-hybridized carbons (Fsp3) is 0.750. The predicted molar refractivity (Wildman–Crippen MR) is 47.5 cm³/mol. The van der Waals surface area contributed by atoms with Gasteiger partial charge in [0.05, 0.1) is 0 Å². The molecule has 13 heavy (non-hydrogen) atoms. The smallest absolute Gasteiger partial charge is 0.416 e. The van der Waals surface area contributed by atoms with Crippen molar-refractivity contribution in [1.29, 1.82) is 0 Å². The second-order valence-corrected chi connectivity index (χ2v) is 2.80. The summed E-state index contributed by atoms with van der Waals surface area (Å²) in [6.07, 6.45) is 2.92. The Morgan fingerprint density at radius 1 is 1.46 bits per heavy atom. The SMILES string of the molecule is OB(O)C#CCOC1CCCCO1. The van der Waals surface area contributed by atoms with Crippen LogP contribution < -0.4 is 0 Å². The largest absolute Gasteiger partial charge is 0.544 e. The molecular formula is C8H13BO4. The van der Waals surface area contributed by atoms with Crippen molar-refractivity contribution in [1.82, 2.24) is 0 Å². The van der Waals surface area contributed by atoms with Crippen molar-refractivity contribution in [2.75, 3.05) is 13.2 Å². The highest BCUT2D eigenvalue weighted by Gasteiger charge is 2.12. The normalized spacial score (nSPS) is 21.8. The number of hydrogen-bond acceptors (Lipinski definition) is 4. The first-order chi connectivity index (χ1) is 6.29. The Morgan fingerprint density at radius 2 is 2.31 bits per heavy atom. The van der Waals surface area contributed by atoms with Gasteiger partial charge in [0.2, 0.25) is 0 Å². The Bertz CT molecular complexity index is 190. The van der Waals surface area contributed by atoms with Crippen LogP contribution in [0.25, 0.3) is 0 Å². The van der Waals surface area contributed by atoms with Gasteiger partial charge in [0, 0.05) is 6.61 Å². The molecule has 1 aliphatic rings. The minimum atomic E-state index is -1.57. The Morgan fingerprint density at radius 3 is 2.92 bits per heavy atom. The van der Waals surface area contributed by atoms with Crippen molar-refractivity contribution < 1.29 is 19.5 Å². The third-order valence-corrected chi connectivity index (χ3v) is 1.71. The first-order valence-electron chi connectivity index (χ1n) is 4.37. The summed E-state index contributed by atoms with van der Waals surface area (Å²) in [7, 11) is -1.57. The van der Waals surface area contributed by atoms with Crippen LogP contribution in [0.4, 0.5) is 0 Å². The monoisotopic (exact) mass is 184 g/mol. The zero-order valence-electron chi connectivity index (χ0n) is 7.40. The summed E-state index contributed by atoms with van der Waals surface area (Å²) in [6.45, 7) is 0.920. The molecule has 1 heterocycles. The molecule has 0 bridgehead atoms. The summed E-state index contributed by atoms with van der Waals surface area (Å²) in [4.78, 5) is 0. The van der Waals surface area contributed by atoms with E-state index in [-0.39, 0.29) is 12.9 Å². The van der Waals surface area contributed by atoms with Gasteiger partial charge in [0.25, 0.3) is 0 Å². The average Bonchev–Trinajstić information content (AvgIpc) is 2.14. The van der Waals surface area contributed by atoms with Crippen molar-refractivity contribution in [3.63, 3.8) is 0 Å². The van der Waals surface area contributed by atoms with Gasteiger partial charge in [-0.1, -0.05) is 11.7 Å². The minimum absolute atomic E-state index is 0.168. The van der Waals surface area contributed by atoms with Crippen LogP contribution in [-0.2, 0) is 9.47 Å². The Balaban J connectivity index is 2.08. The zero-order chi connectivity index (χ0) is 9.52. The zero-order valence-corrected chi connectivity index (χ0v) is 7.40. The maximum absolute atomic E-state index is 8.38. The maximum Gasteiger partial charge on any atom is 0.544 e. The first kappa shape index (κ1) is 10.5. The van der Waals surface area contributed by atoms with Gasteiger partial charge in [-0.2, -0.15) is 0 Å². The van der Waals surface area contributed by atoms with Crippen LogP contribution in [0.1, 0.15) is 19.3 Å². The minimum Gasteiger partial charge on any atom is -0.416 e. The third kappa shape index (κ3) is 4.91. The van der Waals surface area contributed by atoms with E-state index in [4.69, 9.17) is 19.5 Å². The fourth-order valence-corrected chi connectivity index (χ4v) is 1.11. The van der Waals surface area contributed by atoms with Gasteiger partial charge in [-0.25, -0.2) is 0 Å². The van der Waals surface area contributed by atoms with Crippen LogP contribution in [0.5, 0.6) is 0 Å². The Labute approximate surface area is 78.0 Å². The maximum atomic E-state index is 8.38. The molecule has 0 spiro atoms. The van der Waals surface area contributed by atoms with Gasteiger partial charge in [-0.3, -0.25) is 0 Å². The molecule has 5 heteroatoms.